The number of nitrogens with one attached hydrogen (secondary N) is 1. The SMILES string of the molecule is CC(C)(C)OC(=O)NCC1(O)CCCc2cc(N)ccc21. The second-order valence-corrected chi connectivity index (χ2v) is 6.66. The summed E-state index contributed by atoms with van der Waals surface area (Å²) < 4.78 is 5.20. The van der Waals surface area contributed by atoms with Crippen molar-refractivity contribution in [2.75, 3.05) is 12.3 Å². The second kappa shape index (κ2) is 5.56. The van der Waals surface area contributed by atoms with E-state index in [9.17, 15) is 9.90 Å². The van der Waals surface area contributed by atoms with Crippen molar-refractivity contribution in [3.63, 3.8) is 0 Å². The van der Waals surface area contributed by atoms with Gasteiger partial charge in [-0.2, -0.15) is 0 Å². The molecule has 4 N–H and O–H groups in total. The molecule has 0 aromatic heterocycles. The van der Waals surface area contributed by atoms with E-state index in [1.165, 1.54) is 0 Å². The van der Waals surface area contributed by atoms with Crippen molar-refractivity contribution in [3.05, 3.63) is 29.3 Å². The molecule has 116 valence electrons. The average molecular weight is 292 g/mol. The zero-order valence-corrected chi connectivity index (χ0v) is 12.9. The van der Waals surface area contributed by atoms with Crippen LogP contribution in [-0.4, -0.2) is 23.3 Å². The molecule has 0 heterocycles. The molecule has 0 fully saturated rings. The highest BCUT2D eigenvalue weighted by atomic mass is 16.6. The number of carbonyl (C=O) groups excluding carboxylic acids is 1. The van der Waals surface area contributed by atoms with Gasteiger partial charge in [0.15, 0.2) is 0 Å². The van der Waals surface area contributed by atoms with Crippen LogP contribution in [0.4, 0.5) is 10.5 Å². The summed E-state index contributed by atoms with van der Waals surface area (Å²) in [5.41, 5.74) is 6.77. The maximum Gasteiger partial charge on any atom is 0.407 e. The van der Waals surface area contributed by atoms with Crippen LogP contribution in [0, 0.1) is 0 Å². The van der Waals surface area contributed by atoms with E-state index < -0.39 is 17.3 Å². The van der Waals surface area contributed by atoms with Gasteiger partial charge in [0.05, 0.1) is 6.54 Å². The molecule has 0 aliphatic heterocycles. The zero-order valence-electron chi connectivity index (χ0n) is 12.9. The number of nitrogens with two attached hydrogens (primary N) is 1. The first-order valence-electron chi connectivity index (χ1n) is 7.28. The van der Waals surface area contributed by atoms with Crippen LogP contribution in [0.25, 0.3) is 0 Å². The van der Waals surface area contributed by atoms with Crippen LogP contribution in [-0.2, 0) is 16.8 Å². The van der Waals surface area contributed by atoms with E-state index in [-0.39, 0.29) is 6.54 Å². The molecular weight excluding hydrogens is 268 g/mol. The molecule has 1 unspecified atom stereocenters. The summed E-state index contributed by atoms with van der Waals surface area (Å²) in [6.45, 7) is 5.55. The third-order valence-corrected chi connectivity index (χ3v) is 3.59. The van der Waals surface area contributed by atoms with Gasteiger partial charge in [-0.3, -0.25) is 0 Å². The summed E-state index contributed by atoms with van der Waals surface area (Å²) in [6.07, 6.45) is 1.86. The zero-order chi connectivity index (χ0) is 15.7. The Hall–Kier alpha value is -1.75. The Morgan fingerprint density at radius 2 is 2.19 bits per heavy atom. The standard InChI is InChI=1S/C16H24N2O3/c1-15(2,3)21-14(19)18-10-16(20)8-4-5-11-9-12(17)6-7-13(11)16/h6-7,9,20H,4-5,8,10,17H2,1-3H3,(H,18,19). The third-order valence-electron chi connectivity index (χ3n) is 3.59. The Morgan fingerprint density at radius 3 is 2.86 bits per heavy atom. The highest BCUT2D eigenvalue weighted by Crippen LogP contribution is 2.35. The third kappa shape index (κ3) is 3.88. The number of aryl methyl sites for hydroxylation is 1. The van der Waals surface area contributed by atoms with E-state index in [1.807, 2.05) is 12.1 Å². The van der Waals surface area contributed by atoms with Crippen molar-refractivity contribution >= 4 is 11.8 Å². The molecule has 0 bridgehead atoms. The maximum absolute atomic E-state index is 11.7. The van der Waals surface area contributed by atoms with Crippen molar-refractivity contribution in [1.29, 1.82) is 0 Å². The van der Waals surface area contributed by atoms with Gasteiger partial charge >= 0.3 is 6.09 Å². The average Bonchev–Trinajstić information content (AvgIpc) is 2.34. The van der Waals surface area contributed by atoms with Crippen LogP contribution >= 0.6 is 0 Å². The summed E-state index contributed by atoms with van der Waals surface area (Å²) in [5.74, 6) is 0. The van der Waals surface area contributed by atoms with Crippen molar-refractivity contribution < 1.29 is 14.6 Å². The lowest BCUT2D eigenvalue weighted by Gasteiger charge is -2.35. The Kier molecular flexibility index (Phi) is 4.14. The van der Waals surface area contributed by atoms with Crippen LogP contribution in [0.1, 0.15) is 44.7 Å². The fraction of sp³-hybridized carbons (Fsp3) is 0.562. The summed E-state index contributed by atoms with van der Waals surface area (Å²) >= 11 is 0. The minimum absolute atomic E-state index is 0.138. The normalized spacial score (nSPS) is 21.5. The van der Waals surface area contributed by atoms with Gasteiger partial charge < -0.3 is 20.9 Å². The first-order chi connectivity index (χ1) is 9.70. The van der Waals surface area contributed by atoms with Gasteiger partial charge in [0, 0.05) is 5.69 Å². The summed E-state index contributed by atoms with van der Waals surface area (Å²) in [5, 5.41) is 13.5. The van der Waals surface area contributed by atoms with E-state index in [0.717, 1.165) is 24.0 Å². The van der Waals surface area contributed by atoms with Crippen LogP contribution in [0.5, 0.6) is 0 Å². The maximum atomic E-state index is 11.7. The van der Waals surface area contributed by atoms with E-state index in [2.05, 4.69) is 5.32 Å². The number of hydrogen-bond donors (Lipinski definition) is 3. The van der Waals surface area contributed by atoms with E-state index in [4.69, 9.17) is 10.5 Å². The van der Waals surface area contributed by atoms with Gasteiger partial charge in [0.1, 0.15) is 11.2 Å². The predicted octanol–water partition coefficient (Wildman–Crippen LogP) is 2.32. The second-order valence-electron chi connectivity index (χ2n) is 6.66. The van der Waals surface area contributed by atoms with Gasteiger partial charge in [0.25, 0.3) is 0 Å². The van der Waals surface area contributed by atoms with Gasteiger partial charge in [0.2, 0.25) is 0 Å². The highest BCUT2D eigenvalue weighted by molar-refractivity contribution is 5.67. The van der Waals surface area contributed by atoms with Gasteiger partial charge in [-0.1, -0.05) is 6.07 Å². The van der Waals surface area contributed by atoms with E-state index in [1.54, 1.807) is 26.8 Å². The Labute approximate surface area is 125 Å². The number of alkyl carbamates (subject to hydrolysis) is 1. The number of amides is 1. The lowest BCUT2D eigenvalue weighted by molar-refractivity contribution is 0.00958. The van der Waals surface area contributed by atoms with Crippen LogP contribution in [0.3, 0.4) is 0 Å². The quantitative estimate of drug-likeness (QED) is 0.730. The molecule has 1 aliphatic carbocycles. The number of hydrogen-bond acceptors (Lipinski definition) is 4. The number of rotatable bonds is 2. The molecule has 0 spiro atoms. The first kappa shape index (κ1) is 15.6. The minimum Gasteiger partial charge on any atom is -0.444 e. The molecule has 5 nitrogen and oxygen atoms in total. The molecular formula is C16H24N2O3. The first-order valence-corrected chi connectivity index (χ1v) is 7.28. The van der Waals surface area contributed by atoms with Gasteiger partial charge in [-0.15, -0.1) is 0 Å². The topological polar surface area (TPSA) is 84.6 Å². The number of carbonyl (C=O) groups is 1. The predicted molar refractivity (Wildman–Crippen MR) is 81.9 cm³/mol. The molecule has 0 radical (unpaired) electrons. The minimum atomic E-state index is -1.06. The molecule has 0 saturated heterocycles. The molecule has 0 saturated carbocycles. The van der Waals surface area contributed by atoms with Crippen molar-refractivity contribution in [1.82, 2.24) is 5.32 Å². The van der Waals surface area contributed by atoms with Crippen LogP contribution < -0.4 is 11.1 Å². The number of anilines is 1. The Balaban J connectivity index is 2.09. The van der Waals surface area contributed by atoms with E-state index in [0.29, 0.717) is 12.1 Å². The van der Waals surface area contributed by atoms with Crippen molar-refractivity contribution in [2.24, 2.45) is 0 Å². The van der Waals surface area contributed by atoms with E-state index >= 15 is 0 Å². The highest BCUT2D eigenvalue weighted by Gasteiger charge is 2.35. The van der Waals surface area contributed by atoms with Crippen LogP contribution in [0.15, 0.2) is 18.2 Å². The molecule has 21 heavy (non-hydrogen) atoms. The Bertz CT molecular complexity index is 537. The number of ether oxygens (including phenoxy) is 1. The molecule has 5 heteroatoms. The molecule has 1 aliphatic rings. The number of benzene rings is 1. The summed E-state index contributed by atoms with van der Waals surface area (Å²) in [4.78, 5) is 11.7. The van der Waals surface area contributed by atoms with Crippen molar-refractivity contribution in [3.8, 4) is 0 Å². The number of fused-ring (bicyclic) bond motifs is 1. The molecule has 1 amide bonds. The molecule has 1 aromatic carbocycles. The summed E-state index contributed by atoms with van der Waals surface area (Å²) in [6, 6.07) is 5.52. The number of aliphatic hydroxyl groups is 1. The Morgan fingerprint density at radius 1 is 1.48 bits per heavy atom. The lowest BCUT2D eigenvalue weighted by Crippen LogP contribution is -2.44. The van der Waals surface area contributed by atoms with Crippen molar-refractivity contribution in [2.45, 2.75) is 51.2 Å². The molecule has 1 atom stereocenters. The molecule has 2 rings (SSSR count). The summed E-state index contributed by atoms with van der Waals surface area (Å²) in [7, 11) is 0. The fourth-order valence-corrected chi connectivity index (χ4v) is 2.70. The van der Waals surface area contributed by atoms with Gasteiger partial charge in [-0.05, 0) is 63.3 Å². The monoisotopic (exact) mass is 292 g/mol. The smallest absolute Gasteiger partial charge is 0.407 e. The van der Waals surface area contributed by atoms with Gasteiger partial charge in [-0.25, -0.2) is 4.79 Å². The largest absolute Gasteiger partial charge is 0.444 e. The fourth-order valence-electron chi connectivity index (χ4n) is 2.70. The lowest BCUT2D eigenvalue weighted by atomic mass is 9.79. The number of nitrogen functional groups attached to an aromatic ring is 1. The molecule has 1 aromatic rings. The van der Waals surface area contributed by atoms with Crippen LogP contribution in [0.2, 0.25) is 0 Å².